The molecule has 3 rings (SSSR count). The highest BCUT2D eigenvalue weighted by atomic mass is 32.2. The topological polar surface area (TPSA) is 94.4 Å². The lowest BCUT2D eigenvalue weighted by Gasteiger charge is -2.35. The fourth-order valence-electron chi connectivity index (χ4n) is 3.08. The van der Waals surface area contributed by atoms with Crippen molar-refractivity contribution >= 4 is 15.7 Å². The van der Waals surface area contributed by atoms with Crippen molar-refractivity contribution in [2.24, 2.45) is 0 Å². The molecule has 0 saturated carbocycles. The van der Waals surface area contributed by atoms with Gasteiger partial charge in [0.15, 0.2) is 9.84 Å². The molecule has 1 fully saturated rings. The average molecular weight is 378 g/mol. The summed E-state index contributed by atoms with van der Waals surface area (Å²) in [6.07, 6.45) is 3.43. The van der Waals surface area contributed by atoms with Crippen molar-refractivity contribution in [1.29, 1.82) is 0 Å². The maximum Gasteiger partial charge on any atom is 0.254 e. The lowest BCUT2D eigenvalue weighted by atomic mass is 10.1. The van der Waals surface area contributed by atoms with Crippen molar-refractivity contribution < 1.29 is 17.9 Å². The number of carbonyl (C=O) groups excluding carboxylic acids is 1. The molecule has 2 aromatic heterocycles. The summed E-state index contributed by atoms with van der Waals surface area (Å²) in [5, 5.41) is 4.22. The summed E-state index contributed by atoms with van der Waals surface area (Å²) >= 11 is 0. The van der Waals surface area contributed by atoms with E-state index in [2.05, 4.69) is 10.1 Å². The predicted molar refractivity (Wildman–Crippen MR) is 95.9 cm³/mol. The smallest absolute Gasteiger partial charge is 0.254 e. The summed E-state index contributed by atoms with van der Waals surface area (Å²) in [5.74, 6) is -0.0282. The van der Waals surface area contributed by atoms with E-state index in [1.807, 2.05) is 6.92 Å². The number of amides is 1. The Balaban J connectivity index is 1.97. The predicted octanol–water partition coefficient (Wildman–Crippen LogP) is 1.23. The zero-order valence-corrected chi connectivity index (χ0v) is 15.9. The number of rotatable bonds is 4. The van der Waals surface area contributed by atoms with Crippen molar-refractivity contribution in [2.45, 2.75) is 26.4 Å². The van der Waals surface area contributed by atoms with Crippen LogP contribution >= 0.6 is 0 Å². The second-order valence-corrected chi connectivity index (χ2v) is 8.53. The number of hydrogen-bond donors (Lipinski definition) is 0. The fourth-order valence-corrected chi connectivity index (χ4v) is 4.58. The molecule has 0 bridgehead atoms. The highest BCUT2D eigenvalue weighted by Gasteiger charge is 2.36. The van der Waals surface area contributed by atoms with Gasteiger partial charge in [-0.05, 0) is 19.9 Å². The number of hydrogen-bond acceptors (Lipinski definition) is 6. The van der Waals surface area contributed by atoms with Crippen LogP contribution in [0, 0.1) is 6.92 Å². The van der Waals surface area contributed by atoms with Crippen LogP contribution in [0.5, 0.6) is 5.88 Å². The molecule has 1 saturated heterocycles. The molecule has 1 aliphatic rings. The number of nitrogens with zero attached hydrogens (tertiary/aromatic N) is 4. The molecule has 8 nitrogen and oxygen atoms in total. The summed E-state index contributed by atoms with van der Waals surface area (Å²) < 4.78 is 31.2. The van der Waals surface area contributed by atoms with E-state index in [1.165, 1.54) is 7.11 Å². The summed E-state index contributed by atoms with van der Waals surface area (Å²) in [6.45, 7) is 4.55. The van der Waals surface area contributed by atoms with Gasteiger partial charge in [-0.2, -0.15) is 5.10 Å². The molecule has 0 N–H and O–H groups in total. The van der Waals surface area contributed by atoms with Crippen molar-refractivity contribution in [3.8, 4) is 5.88 Å². The molecular weight excluding hydrogens is 356 g/mol. The molecule has 0 aliphatic carbocycles. The maximum absolute atomic E-state index is 13.1. The molecule has 1 aliphatic heterocycles. The van der Waals surface area contributed by atoms with Gasteiger partial charge in [0, 0.05) is 42.2 Å². The Morgan fingerprint density at radius 3 is 2.81 bits per heavy atom. The van der Waals surface area contributed by atoms with Gasteiger partial charge in [0.25, 0.3) is 5.91 Å². The summed E-state index contributed by atoms with van der Waals surface area (Å²) in [7, 11) is -1.72. The van der Waals surface area contributed by atoms with E-state index >= 15 is 0 Å². The average Bonchev–Trinajstić information content (AvgIpc) is 3.09. The third-order valence-electron chi connectivity index (χ3n) is 4.44. The quantitative estimate of drug-likeness (QED) is 0.794. The number of carbonyl (C=O) groups is 1. The van der Waals surface area contributed by atoms with Gasteiger partial charge in [-0.3, -0.25) is 9.48 Å². The third kappa shape index (κ3) is 3.72. The van der Waals surface area contributed by atoms with Gasteiger partial charge in [0.05, 0.1) is 30.9 Å². The Morgan fingerprint density at radius 2 is 2.15 bits per heavy atom. The molecule has 1 unspecified atom stereocenters. The minimum absolute atomic E-state index is 0.0433. The fraction of sp³-hybridized carbons (Fsp3) is 0.471. The second kappa shape index (κ2) is 7.06. The monoisotopic (exact) mass is 378 g/mol. The van der Waals surface area contributed by atoms with Crippen LogP contribution in [-0.4, -0.2) is 59.1 Å². The van der Waals surface area contributed by atoms with Crippen molar-refractivity contribution in [3.05, 3.63) is 41.3 Å². The highest BCUT2D eigenvalue weighted by molar-refractivity contribution is 7.91. The molecule has 1 atom stereocenters. The molecule has 0 aromatic carbocycles. The minimum Gasteiger partial charge on any atom is -0.481 e. The van der Waals surface area contributed by atoms with Crippen LogP contribution in [0.3, 0.4) is 0 Å². The number of pyridine rings is 1. The number of methoxy groups -OCH3 is 1. The van der Waals surface area contributed by atoms with E-state index in [4.69, 9.17) is 4.74 Å². The van der Waals surface area contributed by atoms with Gasteiger partial charge < -0.3 is 9.64 Å². The standard InChI is InChI=1S/C17H22N4O4S/c1-4-20-10-14(9-18-20)15-11-26(23,24)6-5-21(15)17(22)13-7-12(2)19-16(8-13)25-3/h7-10,15H,4-6,11H2,1-3H3. The molecule has 0 spiro atoms. The molecule has 0 radical (unpaired) electrons. The first-order valence-corrected chi connectivity index (χ1v) is 10.2. The zero-order chi connectivity index (χ0) is 18.9. The number of aryl methyl sites for hydroxylation is 2. The van der Waals surface area contributed by atoms with Gasteiger partial charge in [0.1, 0.15) is 0 Å². The Morgan fingerprint density at radius 1 is 1.38 bits per heavy atom. The van der Waals surface area contributed by atoms with E-state index in [9.17, 15) is 13.2 Å². The first-order valence-electron chi connectivity index (χ1n) is 8.39. The number of ether oxygens (including phenoxy) is 1. The molecule has 140 valence electrons. The van der Waals surface area contributed by atoms with Crippen molar-refractivity contribution in [3.63, 3.8) is 0 Å². The van der Waals surface area contributed by atoms with Gasteiger partial charge >= 0.3 is 0 Å². The number of aromatic nitrogens is 3. The van der Waals surface area contributed by atoms with Crippen molar-refractivity contribution in [2.75, 3.05) is 25.2 Å². The molecule has 1 amide bonds. The molecule has 3 heterocycles. The molecule has 26 heavy (non-hydrogen) atoms. The zero-order valence-electron chi connectivity index (χ0n) is 15.0. The first-order chi connectivity index (χ1) is 12.3. The maximum atomic E-state index is 13.1. The van der Waals surface area contributed by atoms with Crippen LogP contribution in [0.2, 0.25) is 0 Å². The van der Waals surface area contributed by atoms with Crippen LogP contribution in [0.4, 0.5) is 0 Å². The van der Waals surface area contributed by atoms with Crippen LogP contribution in [-0.2, 0) is 16.4 Å². The largest absolute Gasteiger partial charge is 0.481 e. The van der Waals surface area contributed by atoms with Crippen LogP contribution in [0.1, 0.15) is 34.6 Å². The van der Waals surface area contributed by atoms with Crippen LogP contribution in [0.25, 0.3) is 0 Å². The summed E-state index contributed by atoms with van der Waals surface area (Å²) in [5.41, 5.74) is 1.82. The lowest BCUT2D eigenvalue weighted by Crippen LogP contribution is -2.46. The Bertz CT molecular complexity index is 923. The van der Waals surface area contributed by atoms with E-state index in [-0.39, 0.29) is 24.0 Å². The Hall–Kier alpha value is -2.42. The van der Waals surface area contributed by atoms with Gasteiger partial charge in [0.2, 0.25) is 5.88 Å². The highest BCUT2D eigenvalue weighted by Crippen LogP contribution is 2.29. The van der Waals surface area contributed by atoms with E-state index < -0.39 is 15.9 Å². The van der Waals surface area contributed by atoms with Crippen LogP contribution < -0.4 is 4.74 Å². The van der Waals surface area contributed by atoms with E-state index in [0.717, 1.165) is 5.56 Å². The summed E-state index contributed by atoms with van der Waals surface area (Å²) in [4.78, 5) is 18.9. The SMILES string of the molecule is CCn1cc(C2CS(=O)(=O)CCN2C(=O)c2cc(C)nc(OC)c2)cn1. The normalized spacial score (nSPS) is 19.3. The third-order valence-corrected chi connectivity index (χ3v) is 6.07. The molecule has 9 heteroatoms. The van der Waals surface area contributed by atoms with Gasteiger partial charge in [-0.1, -0.05) is 0 Å². The molecule has 2 aromatic rings. The minimum atomic E-state index is -3.22. The molecular formula is C17H22N4O4S. The van der Waals surface area contributed by atoms with E-state index in [0.29, 0.717) is 23.7 Å². The number of sulfone groups is 1. The van der Waals surface area contributed by atoms with Gasteiger partial charge in [-0.15, -0.1) is 0 Å². The second-order valence-electron chi connectivity index (χ2n) is 6.30. The van der Waals surface area contributed by atoms with Gasteiger partial charge in [-0.25, -0.2) is 13.4 Å². The van der Waals surface area contributed by atoms with E-state index in [1.54, 1.807) is 41.0 Å². The van der Waals surface area contributed by atoms with Crippen molar-refractivity contribution in [1.82, 2.24) is 19.7 Å². The first kappa shape index (κ1) is 18.4. The lowest BCUT2D eigenvalue weighted by molar-refractivity contribution is 0.0697. The summed E-state index contributed by atoms with van der Waals surface area (Å²) in [6, 6.07) is 2.70. The Labute approximate surface area is 152 Å². The Kier molecular flexibility index (Phi) is 4.99. The van der Waals surface area contributed by atoms with Crippen LogP contribution in [0.15, 0.2) is 24.5 Å².